The fourth-order valence-corrected chi connectivity index (χ4v) is 1.12. The second-order valence-corrected chi connectivity index (χ2v) is 6.42. The Morgan fingerprint density at radius 2 is 1.00 bits per heavy atom. The maximum absolute atomic E-state index is 10.2. The maximum atomic E-state index is 10.2. The Morgan fingerprint density at radius 3 is 1.00 bits per heavy atom. The fourth-order valence-electron chi connectivity index (χ4n) is 0.125. The second kappa shape index (κ2) is 6.74. The van der Waals surface area contributed by atoms with Crippen molar-refractivity contribution in [2.45, 2.75) is 17.9 Å². The summed E-state index contributed by atoms with van der Waals surface area (Å²) in [6, 6.07) is 0. The average Bonchev–Trinajstić information content (AvgIpc) is 1.58. The maximum Gasteiger partial charge on any atom is 1.00 e. The molecule has 0 bridgehead atoms. The van der Waals surface area contributed by atoms with Crippen molar-refractivity contribution in [3.05, 3.63) is 0 Å². The van der Waals surface area contributed by atoms with E-state index in [4.69, 9.17) is 0 Å². The van der Waals surface area contributed by atoms with Crippen molar-refractivity contribution in [3.8, 4) is 0 Å². The molecule has 0 atom stereocenters. The van der Waals surface area contributed by atoms with Crippen molar-refractivity contribution < 1.29 is 129 Å². The van der Waals surface area contributed by atoms with Crippen LogP contribution in [0.5, 0.6) is 0 Å². The predicted octanol–water partition coefficient (Wildman–Crippen LogP) is -7.18. The molecule has 0 aromatic heterocycles. The smallest absolute Gasteiger partial charge is 0.747 e. The molecule has 0 aliphatic heterocycles. The van der Waals surface area contributed by atoms with Crippen LogP contribution in [0.15, 0.2) is 0 Å². The molecule has 0 fully saturated rings. The molecule has 0 aromatic rings. The molecule has 0 unspecified atom stereocenters. The van der Waals surface area contributed by atoms with Crippen LogP contribution < -0.4 is 103 Å². The summed E-state index contributed by atoms with van der Waals surface area (Å²) in [5, 5.41) is 0. The summed E-state index contributed by atoms with van der Waals surface area (Å²) < 4.78 is 58.2. The zero-order chi connectivity index (χ0) is 9.50. The monoisotopic (exact) mass is 280 g/mol. The molecule has 0 rings (SSSR count). The molecule has 10 heteroatoms. The van der Waals surface area contributed by atoms with Crippen LogP contribution in [-0.2, 0) is 20.2 Å². The van der Waals surface area contributed by atoms with E-state index in [1.54, 1.807) is 0 Å². The van der Waals surface area contributed by atoms with E-state index in [1.807, 2.05) is 0 Å². The topological polar surface area (TPSA) is 114 Å². The van der Waals surface area contributed by atoms with Gasteiger partial charge in [-0.25, -0.2) is 16.8 Å². The van der Waals surface area contributed by atoms with Gasteiger partial charge in [-0.2, -0.15) is 0 Å². The molecule has 0 aliphatic carbocycles. The van der Waals surface area contributed by atoms with Gasteiger partial charge in [0.05, 0.1) is 0 Å². The first-order valence-electron chi connectivity index (χ1n) is 2.41. The van der Waals surface area contributed by atoms with Gasteiger partial charge in [-0.05, 0) is 13.8 Å². The van der Waals surface area contributed by atoms with Crippen LogP contribution >= 0.6 is 0 Å². The van der Waals surface area contributed by atoms with Crippen molar-refractivity contribution in [2.75, 3.05) is 0 Å². The van der Waals surface area contributed by atoms with Crippen LogP contribution in [0.2, 0.25) is 0 Å². The van der Waals surface area contributed by atoms with Crippen LogP contribution in [-0.4, -0.2) is 30.0 Å². The first-order valence-corrected chi connectivity index (χ1v) is 5.22. The zero-order valence-electron chi connectivity index (χ0n) is 7.77. The third-order valence-electron chi connectivity index (χ3n) is 1.20. The standard InChI is InChI=1S/C3H8O6S2.2K/c1-3(2,10(4,5)6)11(7,8)9;;/h1-2H3,(H,4,5,6)(H,7,8,9);;/q;2*+1/p-2. The molecule has 0 heterocycles. The summed E-state index contributed by atoms with van der Waals surface area (Å²) in [5.74, 6) is 0. The number of rotatable bonds is 2. The van der Waals surface area contributed by atoms with Crippen molar-refractivity contribution >= 4 is 20.2 Å². The molecule has 6 nitrogen and oxygen atoms in total. The van der Waals surface area contributed by atoms with Gasteiger partial charge in [0.25, 0.3) is 0 Å². The van der Waals surface area contributed by atoms with E-state index in [0.717, 1.165) is 0 Å². The van der Waals surface area contributed by atoms with Crippen LogP contribution in [0.25, 0.3) is 0 Å². The minimum atomic E-state index is -5.11. The van der Waals surface area contributed by atoms with Gasteiger partial charge in [0.1, 0.15) is 24.3 Å². The Morgan fingerprint density at radius 1 is 0.846 bits per heavy atom. The minimum Gasteiger partial charge on any atom is -0.747 e. The second-order valence-electron chi connectivity index (χ2n) is 2.31. The predicted molar refractivity (Wildman–Crippen MR) is 33.5 cm³/mol. The Balaban J connectivity index is -0.000000500. The van der Waals surface area contributed by atoms with E-state index in [2.05, 4.69) is 0 Å². The van der Waals surface area contributed by atoms with Gasteiger partial charge >= 0.3 is 103 Å². The molecule has 0 radical (unpaired) electrons. The Hall–Kier alpha value is 3.09. The zero-order valence-corrected chi connectivity index (χ0v) is 15.6. The van der Waals surface area contributed by atoms with Crippen LogP contribution in [0.4, 0.5) is 0 Å². The van der Waals surface area contributed by atoms with Gasteiger partial charge in [0, 0.05) is 0 Å². The number of hydrogen-bond acceptors (Lipinski definition) is 6. The molecule has 0 N–H and O–H groups in total. The molecule has 0 saturated carbocycles. The summed E-state index contributed by atoms with van der Waals surface area (Å²) in [4.78, 5) is 0. The molecule has 13 heavy (non-hydrogen) atoms. The van der Waals surface area contributed by atoms with Crippen LogP contribution in [0.1, 0.15) is 13.8 Å². The van der Waals surface area contributed by atoms with Gasteiger partial charge in [-0.15, -0.1) is 0 Å². The number of hydrogen-bond donors (Lipinski definition) is 0. The van der Waals surface area contributed by atoms with Crippen molar-refractivity contribution in [3.63, 3.8) is 0 Å². The van der Waals surface area contributed by atoms with Gasteiger partial charge in [-0.3, -0.25) is 0 Å². The van der Waals surface area contributed by atoms with Gasteiger partial charge in [0.2, 0.25) is 0 Å². The molecular weight excluding hydrogens is 274 g/mol. The molecule has 0 spiro atoms. The van der Waals surface area contributed by atoms with Crippen LogP contribution in [0.3, 0.4) is 0 Å². The summed E-state index contributed by atoms with van der Waals surface area (Å²) in [7, 11) is -10.2. The van der Waals surface area contributed by atoms with Crippen molar-refractivity contribution in [1.29, 1.82) is 0 Å². The van der Waals surface area contributed by atoms with Crippen molar-refractivity contribution in [2.24, 2.45) is 0 Å². The summed E-state index contributed by atoms with van der Waals surface area (Å²) in [6.07, 6.45) is 0. The summed E-state index contributed by atoms with van der Waals surface area (Å²) >= 11 is 0. The fraction of sp³-hybridized carbons (Fsp3) is 1.00. The average molecular weight is 280 g/mol. The van der Waals surface area contributed by atoms with E-state index in [1.165, 1.54) is 0 Å². The third kappa shape index (κ3) is 5.82. The quantitative estimate of drug-likeness (QED) is 0.367. The molecular formula is C3H6K2O6S2. The molecule has 0 aliphatic rings. The summed E-state index contributed by atoms with van der Waals surface area (Å²) in [5.41, 5.74) is 0. The Labute approximate surface area is 163 Å². The third-order valence-corrected chi connectivity index (χ3v) is 4.84. The van der Waals surface area contributed by atoms with E-state index < -0.39 is 24.3 Å². The first-order chi connectivity index (χ1) is 4.50. The van der Waals surface area contributed by atoms with E-state index >= 15 is 0 Å². The van der Waals surface area contributed by atoms with Gasteiger partial charge < -0.3 is 9.11 Å². The SMILES string of the molecule is CC(C)(S(=O)(=O)[O-])S(=O)(=O)[O-].[K+].[K+]. The first kappa shape index (κ1) is 21.4. The van der Waals surface area contributed by atoms with E-state index in [0.29, 0.717) is 13.8 Å². The molecule has 0 aromatic carbocycles. The Kier molecular flexibility index (Phi) is 11.1. The van der Waals surface area contributed by atoms with E-state index in [9.17, 15) is 25.9 Å². The normalized spacial score (nSPS) is 12.6. The van der Waals surface area contributed by atoms with Crippen molar-refractivity contribution in [1.82, 2.24) is 0 Å². The molecule has 68 valence electrons. The summed E-state index contributed by atoms with van der Waals surface area (Å²) in [6.45, 7) is 1.11. The van der Waals surface area contributed by atoms with E-state index in [-0.39, 0.29) is 103 Å². The Bertz CT molecular complexity index is 306. The largest absolute Gasteiger partial charge is 1.00 e. The molecule has 0 amide bonds. The minimum absolute atomic E-state index is 0. The van der Waals surface area contributed by atoms with Gasteiger partial charge in [-0.1, -0.05) is 0 Å². The molecule has 0 saturated heterocycles. The van der Waals surface area contributed by atoms with Crippen LogP contribution in [0, 0.1) is 0 Å². The van der Waals surface area contributed by atoms with Gasteiger partial charge in [0.15, 0.2) is 0 Å².